The molecule has 112 valence electrons. The highest BCUT2D eigenvalue weighted by Gasteiger charge is 2.30. The van der Waals surface area contributed by atoms with Gasteiger partial charge >= 0.3 is 0 Å². The second-order valence-corrected chi connectivity index (χ2v) is 5.02. The van der Waals surface area contributed by atoms with Crippen molar-refractivity contribution < 1.29 is 19.0 Å². The second-order valence-electron chi connectivity index (χ2n) is 5.02. The smallest absolute Gasteiger partial charge is 0.253 e. The summed E-state index contributed by atoms with van der Waals surface area (Å²) in [4.78, 5) is 12.1. The van der Waals surface area contributed by atoms with Crippen molar-refractivity contribution in [3.63, 3.8) is 0 Å². The average Bonchev–Trinajstić information content (AvgIpc) is 2.89. The topological polar surface area (TPSA) is 58.6 Å². The van der Waals surface area contributed by atoms with Crippen LogP contribution in [0.3, 0.4) is 0 Å². The molecule has 21 heavy (non-hydrogen) atoms. The van der Waals surface area contributed by atoms with Crippen LogP contribution in [-0.4, -0.2) is 30.3 Å². The normalized spacial score (nSPS) is 20.7. The predicted octanol–water partition coefficient (Wildman–Crippen LogP) is 1.92. The van der Waals surface area contributed by atoms with Crippen molar-refractivity contribution in [2.75, 3.05) is 18.5 Å². The number of amides is 1. The maximum atomic E-state index is 13.6. The number of carbonyl (C=O) groups is 1. The van der Waals surface area contributed by atoms with E-state index in [1.807, 2.05) is 6.92 Å². The zero-order chi connectivity index (χ0) is 15.2. The van der Waals surface area contributed by atoms with E-state index < -0.39 is 11.9 Å². The Kier molecular flexibility index (Phi) is 5.32. The second kappa shape index (κ2) is 7.21. The van der Waals surface area contributed by atoms with Gasteiger partial charge in [0.1, 0.15) is 11.9 Å². The van der Waals surface area contributed by atoms with Crippen LogP contribution < -0.4 is 5.32 Å². The highest BCUT2D eigenvalue weighted by molar-refractivity contribution is 5.94. The van der Waals surface area contributed by atoms with Crippen LogP contribution in [0.1, 0.15) is 25.3 Å². The van der Waals surface area contributed by atoms with E-state index in [2.05, 4.69) is 17.2 Å². The molecular formula is C16H18FNO3. The molecule has 2 N–H and O–H groups in total. The van der Waals surface area contributed by atoms with Crippen molar-refractivity contribution in [1.82, 2.24) is 0 Å². The standard InChI is InChI=1S/C16H18FNO3/c1-11-7-9-21-15(11)16(20)18-13-5-6-14(17)12(10-13)4-2-3-8-19/h5-6,10-11,15,19H,3,7-9H2,1H3,(H,18,20). The lowest BCUT2D eigenvalue weighted by atomic mass is 10.0. The molecule has 2 rings (SSSR count). The number of anilines is 1. The molecule has 1 saturated heterocycles. The van der Waals surface area contributed by atoms with Crippen LogP contribution in [0.5, 0.6) is 0 Å². The third kappa shape index (κ3) is 4.03. The number of hydrogen-bond donors (Lipinski definition) is 2. The van der Waals surface area contributed by atoms with E-state index >= 15 is 0 Å². The number of ether oxygens (including phenoxy) is 1. The van der Waals surface area contributed by atoms with Crippen LogP contribution in [-0.2, 0) is 9.53 Å². The maximum absolute atomic E-state index is 13.6. The summed E-state index contributed by atoms with van der Waals surface area (Å²) in [5.41, 5.74) is 0.680. The quantitative estimate of drug-likeness (QED) is 0.837. The number of halogens is 1. The van der Waals surface area contributed by atoms with Gasteiger partial charge in [0.25, 0.3) is 5.91 Å². The lowest BCUT2D eigenvalue weighted by Crippen LogP contribution is -2.31. The van der Waals surface area contributed by atoms with Crippen molar-refractivity contribution in [1.29, 1.82) is 0 Å². The van der Waals surface area contributed by atoms with Crippen LogP contribution in [0.15, 0.2) is 18.2 Å². The number of carbonyl (C=O) groups excluding carboxylic acids is 1. The van der Waals surface area contributed by atoms with E-state index in [4.69, 9.17) is 9.84 Å². The number of rotatable bonds is 3. The summed E-state index contributed by atoms with van der Waals surface area (Å²) in [7, 11) is 0. The maximum Gasteiger partial charge on any atom is 0.253 e. The lowest BCUT2D eigenvalue weighted by Gasteiger charge is -2.14. The van der Waals surface area contributed by atoms with Crippen molar-refractivity contribution in [3.05, 3.63) is 29.6 Å². The Morgan fingerprint density at radius 3 is 3.05 bits per heavy atom. The van der Waals surface area contributed by atoms with Gasteiger partial charge in [-0.05, 0) is 30.5 Å². The van der Waals surface area contributed by atoms with Gasteiger partial charge in [-0.1, -0.05) is 18.8 Å². The molecular weight excluding hydrogens is 273 g/mol. The third-order valence-electron chi connectivity index (χ3n) is 3.34. The summed E-state index contributed by atoms with van der Waals surface area (Å²) in [6, 6.07) is 4.23. The Labute approximate surface area is 123 Å². The van der Waals surface area contributed by atoms with Gasteiger partial charge in [0, 0.05) is 18.7 Å². The van der Waals surface area contributed by atoms with Crippen LogP contribution in [0, 0.1) is 23.6 Å². The zero-order valence-electron chi connectivity index (χ0n) is 11.9. The lowest BCUT2D eigenvalue weighted by molar-refractivity contribution is -0.126. The van der Waals surface area contributed by atoms with Crippen molar-refractivity contribution in [2.45, 2.75) is 25.9 Å². The molecule has 0 aromatic heterocycles. The van der Waals surface area contributed by atoms with Gasteiger partial charge in [-0.25, -0.2) is 4.39 Å². The summed E-state index contributed by atoms with van der Waals surface area (Å²) < 4.78 is 19.0. The highest BCUT2D eigenvalue weighted by Crippen LogP contribution is 2.22. The Morgan fingerprint density at radius 1 is 1.57 bits per heavy atom. The first-order valence-corrected chi connectivity index (χ1v) is 6.93. The minimum absolute atomic E-state index is 0.0675. The third-order valence-corrected chi connectivity index (χ3v) is 3.34. The molecule has 0 spiro atoms. The minimum Gasteiger partial charge on any atom is -0.395 e. The average molecular weight is 291 g/mol. The largest absolute Gasteiger partial charge is 0.395 e. The number of aliphatic hydroxyl groups excluding tert-OH is 1. The van der Waals surface area contributed by atoms with Crippen molar-refractivity contribution in [2.24, 2.45) is 5.92 Å². The monoisotopic (exact) mass is 291 g/mol. The molecule has 1 aromatic rings. The van der Waals surface area contributed by atoms with Crippen molar-refractivity contribution >= 4 is 11.6 Å². The first kappa shape index (κ1) is 15.5. The minimum atomic E-state index is -0.459. The Bertz CT molecular complexity index is 577. The Hall–Kier alpha value is -1.90. The van der Waals surface area contributed by atoms with Gasteiger partial charge in [-0.15, -0.1) is 0 Å². The van der Waals surface area contributed by atoms with Crippen LogP contribution in [0.25, 0.3) is 0 Å². The van der Waals surface area contributed by atoms with Gasteiger partial charge in [-0.2, -0.15) is 0 Å². The first-order chi connectivity index (χ1) is 10.1. The molecule has 5 heteroatoms. The number of nitrogens with one attached hydrogen (secondary N) is 1. The molecule has 1 fully saturated rings. The summed E-state index contributed by atoms with van der Waals surface area (Å²) in [5.74, 6) is 4.79. The van der Waals surface area contributed by atoms with Gasteiger partial charge in [0.15, 0.2) is 0 Å². The molecule has 2 unspecified atom stereocenters. The molecule has 1 aliphatic rings. The van der Waals surface area contributed by atoms with E-state index in [9.17, 15) is 9.18 Å². The van der Waals surface area contributed by atoms with Gasteiger partial charge in [-0.3, -0.25) is 4.79 Å². The van der Waals surface area contributed by atoms with Gasteiger partial charge in [0.2, 0.25) is 0 Å². The van der Waals surface area contributed by atoms with Crippen LogP contribution >= 0.6 is 0 Å². The highest BCUT2D eigenvalue weighted by atomic mass is 19.1. The Balaban J connectivity index is 2.08. The molecule has 1 amide bonds. The molecule has 4 nitrogen and oxygen atoms in total. The number of benzene rings is 1. The van der Waals surface area contributed by atoms with Crippen LogP contribution in [0.4, 0.5) is 10.1 Å². The van der Waals surface area contributed by atoms with E-state index in [0.29, 0.717) is 12.3 Å². The molecule has 0 radical (unpaired) electrons. The molecule has 1 heterocycles. The number of hydrogen-bond acceptors (Lipinski definition) is 3. The molecule has 2 atom stereocenters. The first-order valence-electron chi connectivity index (χ1n) is 6.93. The molecule has 0 saturated carbocycles. The SMILES string of the molecule is CC1CCOC1C(=O)Nc1ccc(F)c(C#CCCO)c1. The van der Waals surface area contributed by atoms with Crippen LogP contribution in [0.2, 0.25) is 0 Å². The fourth-order valence-corrected chi connectivity index (χ4v) is 2.16. The summed E-state index contributed by atoms with van der Waals surface area (Å²) >= 11 is 0. The fourth-order valence-electron chi connectivity index (χ4n) is 2.16. The zero-order valence-corrected chi connectivity index (χ0v) is 11.9. The summed E-state index contributed by atoms with van der Waals surface area (Å²) in [6.07, 6.45) is 0.682. The molecule has 1 aliphatic heterocycles. The molecule has 0 aliphatic carbocycles. The van der Waals surface area contributed by atoms with E-state index in [-0.39, 0.29) is 30.4 Å². The molecule has 1 aromatic carbocycles. The van der Waals surface area contributed by atoms with E-state index in [0.717, 1.165) is 6.42 Å². The summed E-state index contributed by atoms with van der Waals surface area (Å²) in [6.45, 7) is 2.48. The predicted molar refractivity (Wildman–Crippen MR) is 77.1 cm³/mol. The van der Waals surface area contributed by atoms with E-state index in [1.54, 1.807) is 0 Å². The molecule has 0 bridgehead atoms. The van der Waals surface area contributed by atoms with Gasteiger partial charge < -0.3 is 15.2 Å². The summed E-state index contributed by atoms with van der Waals surface area (Å²) in [5, 5.41) is 11.4. The Morgan fingerprint density at radius 2 is 2.38 bits per heavy atom. The van der Waals surface area contributed by atoms with Crippen molar-refractivity contribution in [3.8, 4) is 11.8 Å². The fraction of sp³-hybridized carbons (Fsp3) is 0.438. The van der Waals surface area contributed by atoms with Gasteiger partial charge in [0.05, 0.1) is 12.2 Å². The number of aliphatic hydroxyl groups is 1. The van der Waals surface area contributed by atoms with E-state index in [1.165, 1.54) is 18.2 Å².